The number of aliphatic hydroxyl groups is 1. The number of aliphatic hydroxyl groups excluding tert-OH is 1. The maximum absolute atomic E-state index is 13.2. The van der Waals surface area contributed by atoms with Crippen molar-refractivity contribution < 1.29 is 9.90 Å². The largest absolute Gasteiger partial charge is 0.392 e. The molecule has 180 valence electrons. The number of aromatic nitrogens is 4. The molecule has 3 aromatic rings. The molecule has 2 aliphatic carbocycles. The van der Waals surface area contributed by atoms with Gasteiger partial charge >= 0.3 is 0 Å². The van der Waals surface area contributed by atoms with Gasteiger partial charge in [-0.15, -0.1) is 10.2 Å². The fourth-order valence-corrected chi connectivity index (χ4v) is 5.58. The second-order valence-electron chi connectivity index (χ2n) is 10.6. The number of amides is 1. The van der Waals surface area contributed by atoms with E-state index in [0.717, 1.165) is 53.9 Å². The fourth-order valence-electron chi connectivity index (χ4n) is 5.58. The Bertz CT molecular complexity index is 1330. The predicted molar refractivity (Wildman–Crippen MR) is 132 cm³/mol. The summed E-state index contributed by atoms with van der Waals surface area (Å²) in [6.07, 6.45) is 5.71. The number of pyridine rings is 1. The monoisotopic (exact) mass is 470 g/mol. The van der Waals surface area contributed by atoms with Crippen LogP contribution < -0.4 is 5.32 Å². The first-order chi connectivity index (χ1) is 16.7. The molecule has 2 aliphatic rings. The first kappa shape index (κ1) is 23.2. The SMILES string of the molecule is [C-]#[N+]C1CC(Cc2nncn2C)(c2cccc(NC(=O)c3cc(CO)c4c(n3)C(C)(C)CC4)c2)C1. The highest BCUT2D eigenvalue weighted by Gasteiger charge is 2.50. The molecule has 8 heteroatoms. The summed E-state index contributed by atoms with van der Waals surface area (Å²) in [5.74, 6) is 0.585. The average Bonchev–Trinajstić information content (AvgIpc) is 3.37. The van der Waals surface area contributed by atoms with E-state index in [9.17, 15) is 9.90 Å². The minimum Gasteiger partial charge on any atom is -0.392 e. The number of benzene rings is 1. The molecular formula is C27H30N6O2. The quantitative estimate of drug-likeness (QED) is 0.535. The Labute approximate surface area is 205 Å². The number of carbonyl (C=O) groups excluding carboxylic acids is 1. The van der Waals surface area contributed by atoms with Gasteiger partial charge in [-0.1, -0.05) is 26.0 Å². The molecule has 2 heterocycles. The third-order valence-electron chi connectivity index (χ3n) is 7.73. The Morgan fingerprint density at radius 2 is 2.11 bits per heavy atom. The second-order valence-corrected chi connectivity index (χ2v) is 10.6. The molecular weight excluding hydrogens is 440 g/mol. The van der Waals surface area contributed by atoms with Gasteiger partial charge in [-0.05, 0) is 47.7 Å². The van der Waals surface area contributed by atoms with Crippen molar-refractivity contribution in [1.29, 1.82) is 0 Å². The summed E-state index contributed by atoms with van der Waals surface area (Å²) in [4.78, 5) is 21.7. The molecule has 0 aliphatic heterocycles. The van der Waals surface area contributed by atoms with Crippen LogP contribution in [0.1, 0.15) is 71.8 Å². The summed E-state index contributed by atoms with van der Waals surface area (Å²) in [5, 5.41) is 21.2. The number of rotatable bonds is 6. The molecule has 1 amide bonds. The number of nitrogens with one attached hydrogen (secondary N) is 1. The van der Waals surface area contributed by atoms with E-state index in [2.05, 4.69) is 40.3 Å². The Kier molecular flexibility index (Phi) is 5.68. The summed E-state index contributed by atoms with van der Waals surface area (Å²) >= 11 is 0. The van der Waals surface area contributed by atoms with E-state index in [1.54, 1.807) is 12.4 Å². The Balaban J connectivity index is 1.42. The van der Waals surface area contributed by atoms with Crippen LogP contribution >= 0.6 is 0 Å². The average molecular weight is 471 g/mol. The Hall–Kier alpha value is -3.57. The van der Waals surface area contributed by atoms with Gasteiger partial charge in [0.05, 0.1) is 12.3 Å². The first-order valence-corrected chi connectivity index (χ1v) is 12.0. The van der Waals surface area contributed by atoms with Crippen molar-refractivity contribution in [2.45, 2.75) is 69.4 Å². The number of nitrogens with zero attached hydrogens (tertiary/aromatic N) is 5. The summed E-state index contributed by atoms with van der Waals surface area (Å²) in [6.45, 7) is 11.6. The van der Waals surface area contributed by atoms with Gasteiger partial charge in [-0.2, -0.15) is 0 Å². The predicted octanol–water partition coefficient (Wildman–Crippen LogP) is 3.74. The minimum atomic E-state index is -0.294. The van der Waals surface area contributed by atoms with E-state index in [1.165, 1.54) is 0 Å². The summed E-state index contributed by atoms with van der Waals surface area (Å²) in [5.41, 5.74) is 4.51. The second kappa shape index (κ2) is 8.58. The van der Waals surface area contributed by atoms with Crippen LogP contribution in [0.25, 0.3) is 4.85 Å². The van der Waals surface area contributed by atoms with Crippen molar-refractivity contribution in [2.24, 2.45) is 7.05 Å². The normalized spacial score (nSPS) is 22.2. The number of carbonyl (C=O) groups is 1. The van der Waals surface area contributed by atoms with Crippen molar-refractivity contribution in [3.05, 3.63) is 82.0 Å². The van der Waals surface area contributed by atoms with E-state index in [-0.39, 0.29) is 29.4 Å². The Morgan fingerprint density at radius 3 is 2.80 bits per heavy atom. The van der Waals surface area contributed by atoms with Gasteiger partial charge in [0.15, 0.2) is 0 Å². The van der Waals surface area contributed by atoms with Gasteiger partial charge in [-0.25, -0.2) is 11.6 Å². The van der Waals surface area contributed by atoms with E-state index in [0.29, 0.717) is 17.8 Å². The van der Waals surface area contributed by atoms with Crippen molar-refractivity contribution in [3.63, 3.8) is 0 Å². The van der Waals surface area contributed by atoms with E-state index in [1.807, 2.05) is 29.8 Å². The maximum Gasteiger partial charge on any atom is 0.274 e. The lowest BCUT2D eigenvalue weighted by molar-refractivity contribution is 0.102. The van der Waals surface area contributed by atoms with E-state index < -0.39 is 0 Å². The standard InChI is InChI=1S/C27H30N6O2/c1-26(2)9-8-21-17(15-34)10-22(31-24(21)26)25(35)30-19-7-5-6-18(11-19)27(12-20(13-27)28-3)14-23-32-29-16-33(23)4/h5-7,10-11,16,20,34H,8-9,12-15H2,1-2,4H3,(H,30,35). The molecule has 0 saturated heterocycles. The van der Waals surface area contributed by atoms with Crippen molar-refractivity contribution in [2.75, 3.05) is 5.32 Å². The molecule has 35 heavy (non-hydrogen) atoms. The maximum atomic E-state index is 13.2. The number of anilines is 1. The van der Waals surface area contributed by atoms with Gasteiger partial charge in [0.1, 0.15) is 17.8 Å². The Morgan fingerprint density at radius 1 is 1.31 bits per heavy atom. The number of hydrogen-bond acceptors (Lipinski definition) is 5. The molecule has 0 bridgehead atoms. The van der Waals surface area contributed by atoms with Crippen LogP contribution in [0.3, 0.4) is 0 Å². The highest BCUT2D eigenvalue weighted by atomic mass is 16.3. The van der Waals surface area contributed by atoms with Gasteiger partial charge in [0.2, 0.25) is 6.04 Å². The molecule has 0 spiro atoms. The molecule has 5 rings (SSSR count). The minimum absolute atomic E-state index is 0.00246. The highest BCUT2D eigenvalue weighted by Crippen LogP contribution is 2.48. The fraction of sp³-hybridized carbons (Fsp3) is 0.444. The zero-order chi connectivity index (χ0) is 24.8. The number of fused-ring (bicyclic) bond motifs is 1. The lowest BCUT2D eigenvalue weighted by atomic mass is 9.60. The third-order valence-corrected chi connectivity index (χ3v) is 7.73. The van der Waals surface area contributed by atoms with E-state index >= 15 is 0 Å². The number of aryl methyl sites for hydroxylation is 1. The van der Waals surface area contributed by atoms with Crippen LogP contribution in [0.5, 0.6) is 0 Å². The van der Waals surface area contributed by atoms with Crippen molar-refractivity contribution in [1.82, 2.24) is 19.7 Å². The summed E-state index contributed by atoms with van der Waals surface area (Å²) in [6, 6.07) is 9.57. The molecule has 0 radical (unpaired) electrons. The summed E-state index contributed by atoms with van der Waals surface area (Å²) < 4.78 is 1.91. The zero-order valence-electron chi connectivity index (χ0n) is 20.4. The zero-order valence-corrected chi connectivity index (χ0v) is 20.4. The molecule has 2 aromatic heterocycles. The van der Waals surface area contributed by atoms with Crippen LogP contribution in [-0.4, -0.2) is 36.8 Å². The molecule has 0 atom stereocenters. The molecule has 0 unspecified atom stereocenters. The smallest absolute Gasteiger partial charge is 0.274 e. The number of hydrogen-bond donors (Lipinski definition) is 2. The van der Waals surface area contributed by atoms with Crippen molar-refractivity contribution in [3.8, 4) is 0 Å². The molecule has 8 nitrogen and oxygen atoms in total. The van der Waals surface area contributed by atoms with Crippen LogP contribution in [0.2, 0.25) is 0 Å². The van der Waals surface area contributed by atoms with Crippen molar-refractivity contribution >= 4 is 11.6 Å². The lowest BCUT2D eigenvalue weighted by Gasteiger charge is -2.42. The molecule has 1 saturated carbocycles. The van der Waals surface area contributed by atoms with Gasteiger partial charge in [0.25, 0.3) is 5.91 Å². The topological polar surface area (TPSA) is 97.3 Å². The van der Waals surface area contributed by atoms with Gasteiger partial charge in [0, 0.05) is 42.8 Å². The third kappa shape index (κ3) is 4.10. The van der Waals surface area contributed by atoms with Gasteiger partial charge in [-0.3, -0.25) is 4.79 Å². The van der Waals surface area contributed by atoms with Gasteiger partial charge < -0.3 is 19.8 Å². The lowest BCUT2D eigenvalue weighted by Crippen LogP contribution is -2.45. The van der Waals surface area contributed by atoms with Crippen LogP contribution in [0.15, 0.2) is 36.7 Å². The molecule has 1 fully saturated rings. The highest BCUT2D eigenvalue weighted by molar-refractivity contribution is 6.03. The van der Waals surface area contributed by atoms with Crippen LogP contribution in [0, 0.1) is 6.57 Å². The first-order valence-electron chi connectivity index (χ1n) is 12.0. The molecule has 2 N–H and O–H groups in total. The van der Waals surface area contributed by atoms with E-state index in [4.69, 9.17) is 11.6 Å². The van der Waals surface area contributed by atoms with Crippen LogP contribution in [0.4, 0.5) is 5.69 Å². The van der Waals surface area contributed by atoms with Crippen LogP contribution in [-0.2, 0) is 37.3 Å². The summed E-state index contributed by atoms with van der Waals surface area (Å²) in [7, 11) is 1.93. The molecule has 1 aromatic carbocycles.